The summed E-state index contributed by atoms with van der Waals surface area (Å²) in [5.74, 6) is -0.268. The molecule has 1 fully saturated rings. The maximum atomic E-state index is 12.1. The third-order valence-corrected chi connectivity index (χ3v) is 3.74. The van der Waals surface area contributed by atoms with E-state index in [4.69, 9.17) is 5.73 Å². The highest BCUT2D eigenvalue weighted by atomic mass is 16.3. The van der Waals surface area contributed by atoms with Crippen LogP contribution in [0.1, 0.15) is 49.5 Å². The van der Waals surface area contributed by atoms with Crippen LogP contribution >= 0.6 is 0 Å². The van der Waals surface area contributed by atoms with Crippen LogP contribution in [0.15, 0.2) is 6.20 Å². The molecule has 6 nitrogen and oxygen atoms in total. The second kappa shape index (κ2) is 5.61. The fourth-order valence-corrected chi connectivity index (χ4v) is 2.60. The van der Waals surface area contributed by atoms with Crippen LogP contribution in [0.4, 0.5) is 5.69 Å². The molecule has 19 heavy (non-hydrogen) atoms. The molecule has 1 saturated carbocycles. The molecule has 1 aromatic heterocycles. The zero-order valence-corrected chi connectivity index (χ0v) is 11.4. The third-order valence-electron chi connectivity index (χ3n) is 3.74. The normalized spacial score (nSPS) is 18.2. The number of hydrogen-bond acceptors (Lipinski definition) is 4. The minimum absolute atomic E-state index is 0.268. The van der Waals surface area contributed by atoms with Gasteiger partial charge >= 0.3 is 0 Å². The van der Waals surface area contributed by atoms with Crippen LogP contribution in [-0.2, 0) is 6.54 Å². The van der Waals surface area contributed by atoms with Crippen molar-refractivity contribution in [3.8, 4) is 0 Å². The Morgan fingerprint density at radius 1 is 1.53 bits per heavy atom. The van der Waals surface area contributed by atoms with Gasteiger partial charge in [0.2, 0.25) is 0 Å². The summed E-state index contributed by atoms with van der Waals surface area (Å²) in [6.07, 6.45) is 6.16. The molecule has 0 spiro atoms. The average molecular weight is 266 g/mol. The molecule has 1 aliphatic carbocycles. The highest BCUT2D eigenvalue weighted by Gasteiger charge is 2.30. The molecule has 1 aromatic rings. The molecule has 0 bridgehead atoms. The summed E-state index contributed by atoms with van der Waals surface area (Å²) >= 11 is 0. The minimum Gasteiger partial charge on any atom is -0.396 e. The van der Waals surface area contributed by atoms with Crippen molar-refractivity contribution >= 4 is 11.6 Å². The number of aryl methyl sites for hydroxylation is 1. The van der Waals surface area contributed by atoms with Gasteiger partial charge in [-0.1, -0.05) is 19.3 Å². The monoisotopic (exact) mass is 266 g/mol. The third kappa shape index (κ3) is 3.07. The lowest BCUT2D eigenvalue weighted by Crippen LogP contribution is -2.44. The molecule has 106 valence electrons. The van der Waals surface area contributed by atoms with E-state index in [9.17, 15) is 9.90 Å². The van der Waals surface area contributed by atoms with E-state index in [-0.39, 0.29) is 12.5 Å². The van der Waals surface area contributed by atoms with Crippen molar-refractivity contribution < 1.29 is 9.90 Å². The van der Waals surface area contributed by atoms with Crippen molar-refractivity contribution in [1.29, 1.82) is 0 Å². The topological polar surface area (TPSA) is 93.2 Å². The van der Waals surface area contributed by atoms with Gasteiger partial charge in [-0.2, -0.15) is 5.10 Å². The number of aliphatic hydroxyl groups is 1. The van der Waals surface area contributed by atoms with E-state index in [0.29, 0.717) is 17.9 Å². The van der Waals surface area contributed by atoms with Crippen LogP contribution in [0, 0.1) is 0 Å². The first-order valence-corrected chi connectivity index (χ1v) is 6.87. The Bertz CT molecular complexity index is 449. The number of anilines is 1. The van der Waals surface area contributed by atoms with Gasteiger partial charge in [0, 0.05) is 13.1 Å². The molecule has 0 radical (unpaired) electrons. The standard InChI is InChI=1S/C13H22N4O2/c1-2-17-11(10(14)8-16-17)12(18)15-9-13(19)6-4-3-5-7-13/h8,19H,2-7,9,14H2,1H3,(H,15,18). The van der Waals surface area contributed by atoms with Crippen LogP contribution in [0.3, 0.4) is 0 Å². The summed E-state index contributed by atoms with van der Waals surface area (Å²) in [6.45, 7) is 2.77. The molecule has 0 atom stereocenters. The van der Waals surface area contributed by atoms with E-state index in [1.165, 1.54) is 6.20 Å². The summed E-state index contributed by atoms with van der Waals surface area (Å²) in [6, 6.07) is 0. The Morgan fingerprint density at radius 3 is 2.84 bits per heavy atom. The number of aromatic nitrogens is 2. The van der Waals surface area contributed by atoms with Gasteiger partial charge in [0.15, 0.2) is 0 Å². The second-order valence-corrected chi connectivity index (χ2v) is 5.23. The lowest BCUT2D eigenvalue weighted by atomic mass is 9.85. The molecule has 0 aliphatic heterocycles. The number of nitrogens with one attached hydrogen (secondary N) is 1. The first-order valence-electron chi connectivity index (χ1n) is 6.87. The fourth-order valence-electron chi connectivity index (χ4n) is 2.60. The Morgan fingerprint density at radius 2 is 2.21 bits per heavy atom. The van der Waals surface area contributed by atoms with Gasteiger partial charge in [0.05, 0.1) is 17.5 Å². The molecule has 0 aromatic carbocycles. The maximum absolute atomic E-state index is 12.1. The highest BCUT2D eigenvalue weighted by Crippen LogP contribution is 2.27. The van der Waals surface area contributed by atoms with E-state index in [0.717, 1.165) is 32.1 Å². The van der Waals surface area contributed by atoms with Gasteiger partial charge in [-0.3, -0.25) is 9.48 Å². The number of nitrogens with zero attached hydrogens (tertiary/aromatic N) is 2. The summed E-state index contributed by atoms with van der Waals surface area (Å²) in [7, 11) is 0. The molecule has 1 amide bonds. The number of carbonyl (C=O) groups is 1. The van der Waals surface area contributed by atoms with E-state index >= 15 is 0 Å². The number of carbonyl (C=O) groups excluding carboxylic acids is 1. The Labute approximate surface area is 113 Å². The zero-order valence-electron chi connectivity index (χ0n) is 11.4. The fraction of sp³-hybridized carbons (Fsp3) is 0.692. The van der Waals surface area contributed by atoms with Crippen molar-refractivity contribution in [2.45, 2.75) is 51.2 Å². The predicted octanol–water partition coefficient (Wildman–Crippen LogP) is 0.910. The van der Waals surface area contributed by atoms with Gasteiger partial charge in [0.1, 0.15) is 5.69 Å². The molecule has 0 saturated heterocycles. The van der Waals surface area contributed by atoms with Crippen LogP contribution in [0.2, 0.25) is 0 Å². The first kappa shape index (κ1) is 13.9. The lowest BCUT2D eigenvalue weighted by Gasteiger charge is -2.32. The van der Waals surface area contributed by atoms with Gasteiger partial charge in [-0.05, 0) is 19.8 Å². The second-order valence-electron chi connectivity index (χ2n) is 5.23. The largest absolute Gasteiger partial charge is 0.396 e. The van der Waals surface area contributed by atoms with E-state index in [1.807, 2.05) is 6.92 Å². The summed E-state index contributed by atoms with van der Waals surface area (Å²) in [4.78, 5) is 12.1. The predicted molar refractivity (Wildman–Crippen MR) is 72.7 cm³/mol. The van der Waals surface area contributed by atoms with Crippen molar-refractivity contribution in [2.24, 2.45) is 0 Å². The van der Waals surface area contributed by atoms with Crippen LogP contribution in [-0.4, -0.2) is 32.9 Å². The van der Waals surface area contributed by atoms with Crippen LogP contribution < -0.4 is 11.1 Å². The smallest absolute Gasteiger partial charge is 0.271 e. The van der Waals surface area contributed by atoms with E-state index in [1.54, 1.807) is 4.68 Å². The number of nitrogen functional groups attached to an aromatic ring is 1. The Kier molecular flexibility index (Phi) is 4.09. The van der Waals surface area contributed by atoms with E-state index < -0.39 is 5.60 Å². The molecule has 1 heterocycles. The molecule has 2 rings (SSSR count). The van der Waals surface area contributed by atoms with Crippen LogP contribution in [0.25, 0.3) is 0 Å². The quantitative estimate of drug-likeness (QED) is 0.755. The maximum Gasteiger partial charge on any atom is 0.271 e. The molecule has 0 unspecified atom stereocenters. The molecule has 4 N–H and O–H groups in total. The number of amides is 1. The van der Waals surface area contributed by atoms with Crippen molar-refractivity contribution in [2.75, 3.05) is 12.3 Å². The molecule has 1 aliphatic rings. The van der Waals surface area contributed by atoms with Gasteiger partial charge < -0.3 is 16.2 Å². The van der Waals surface area contributed by atoms with Crippen molar-refractivity contribution in [1.82, 2.24) is 15.1 Å². The van der Waals surface area contributed by atoms with Crippen molar-refractivity contribution in [3.05, 3.63) is 11.9 Å². The SMILES string of the molecule is CCn1ncc(N)c1C(=O)NCC1(O)CCCCC1. The zero-order chi connectivity index (χ0) is 13.9. The van der Waals surface area contributed by atoms with Gasteiger partial charge in [-0.15, -0.1) is 0 Å². The van der Waals surface area contributed by atoms with Gasteiger partial charge in [0.25, 0.3) is 5.91 Å². The molecular weight excluding hydrogens is 244 g/mol. The lowest BCUT2D eigenvalue weighted by molar-refractivity contribution is 0.00517. The number of hydrogen-bond donors (Lipinski definition) is 3. The van der Waals surface area contributed by atoms with Crippen LogP contribution in [0.5, 0.6) is 0 Å². The minimum atomic E-state index is -0.764. The Hall–Kier alpha value is -1.56. The summed E-state index contributed by atoms with van der Waals surface area (Å²) in [5, 5.41) is 17.2. The summed E-state index contributed by atoms with van der Waals surface area (Å²) < 4.78 is 1.57. The highest BCUT2D eigenvalue weighted by molar-refractivity contribution is 5.97. The number of nitrogens with two attached hydrogens (primary N) is 1. The summed E-state index contributed by atoms with van der Waals surface area (Å²) in [5.41, 5.74) is 5.74. The van der Waals surface area contributed by atoms with Gasteiger partial charge in [-0.25, -0.2) is 0 Å². The van der Waals surface area contributed by atoms with Crippen molar-refractivity contribution in [3.63, 3.8) is 0 Å². The molecule has 6 heteroatoms. The Balaban J connectivity index is 1.99. The van der Waals surface area contributed by atoms with E-state index in [2.05, 4.69) is 10.4 Å². The average Bonchev–Trinajstić information content (AvgIpc) is 2.78. The first-order chi connectivity index (χ1) is 9.06. The number of rotatable bonds is 4. The molecular formula is C13H22N4O2.